The first-order valence-corrected chi connectivity index (χ1v) is 19.0. The van der Waals surface area contributed by atoms with Gasteiger partial charge in [0.25, 0.3) is 0 Å². The molecule has 5 rings (SSSR count). The van der Waals surface area contributed by atoms with Crippen LogP contribution in [-0.2, 0) is 5.41 Å². The summed E-state index contributed by atoms with van der Waals surface area (Å²) >= 11 is 4.99. The molecule has 0 aliphatic heterocycles. The second kappa shape index (κ2) is 16.3. The third kappa shape index (κ3) is 9.34. The molecule has 0 radical (unpaired) electrons. The van der Waals surface area contributed by atoms with Crippen LogP contribution < -0.4 is 21.2 Å². The smallest absolute Gasteiger partial charge is 0.0434 e. The zero-order chi connectivity index (χ0) is 31.5. The summed E-state index contributed by atoms with van der Waals surface area (Å²) in [6.45, 7) is 8.27. The lowest BCUT2D eigenvalue weighted by atomic mass is 9.85. The Morgan fingerprint density at radius 2 is 0.844 bits per heavy atom. The van der Waals surface area contributed by atoms with E-state index in [1.165, 1.54) is 26.8 Å². The quantitative estimate of drug-likeness (QED) is 0.0802. The molecule has 5 heteroatoms. The third-order valence-corrected chi connectivity index (χ3v) is 13.2. The molecule has 0 fully saturated rings. The summed E-state index contributed by atoms with van der Waals surface area (Å²) in [5.74, 6) is 0. The minimum absolute atomic E-state index is 0.00343. The first kappa shape index (κ1) is 33.0. The van der Waals surface area contributed by atoms with Crippen molar-refractivity contribution in [2.45, 2.75) is 31.1 Å². The zero-order valence-electron chi connectivity index (χ0n) is 26.4. The summed E-state index contributed by atoms with van der Waals surface area (Å²) in [5.41, 5.74) is 3.35. The molecule has 2 nitrogen and oxygen atoms in total. The molecule has 5 aromatic rings. The van der Waals surface area contributed by atoms with Gasteiger partial charge in [-0.3, -0.25) is 9.98 Å². The van der Waals surface area contributed by atoms with E-state index in [1.54, 1.807) is 0 Å². The molecule has 0 atom stereocenters. The van der Waals surface area contributed by atoms with Gasteiger partial charge in [-0.15, -0.1) is 12.6 Å². The van der Waals surface area contributed by atoms with Crippen LogP contribution in [-0.4, -0.2) is 37.8 Å². The second-order valence-electron chi connectivity index (χ2n) is 12.0. The molecule has 0 amide bonds. The van der Waals surface area contributed by atoms with Gasteiger partial charge in [0.2, 0.25) is 0 Å². The molecule has 45 heavy (non-hydrogen) atoms. The van der Waals surface area contributed by atoms with Gasteiger partial charge in [-0.05, 0) is 72.5 Å². The van der Waals surface area contributed by atoms with Crippen LogP contribution in [0.3, 0.4) is 0 Å². The van der Waals surface area contributed by atoms with Gasteiger partial charge in [-0.25, -0.2) is 0 Å². The predicted octanol–water partition coefficient (Wildman–Crippen LogP) is 8.38. The fourth-order valence-electron chi connectivity index (χ4n) is 5.20. The average molecular weight is 645 g/mol. The van der Waals surface area contributed by atoms with Gasteiger partial charge < -0.3 is 0 Å². The Bertz CT molecular complexity index is 1490. The molecular weight excluding hydrogens is 602 g/mol. The highest BCUT2D eigenvalue weighted by molar-refractivity contribution is 7.80. The lowest BCUT2D eigenvalue weighted by Gasteiger charge is -2.21. The summed E-state index contributed by atoms with van der Waals surface area (Å²) in [6, 6.07) is 47.9. The van der Waals surface area contributed by atoms with E-state index in [9.17, 15) is 0 Å². The number of benzene rings is 5. The van der Waals surface area contributed by atoms with Gasteiger partial charge in [0.1, 0.15) is 0 Å². The van der Waals surface area contributed by atoms with E-state index in [0.717, 1.165) is 41.4 Å². The van der Waals surface area contributed by atoms with E-state index in [-0.39, 0.29) is 5.41 Å². The highest BCUT2D eigenvalue weighted by atomic mass is 32.1. The Hall–Kier alpha value is -3.35. The highest BCUT2D eigenvalue weighted by Gasteiger charge is 2.18. The maximum Gasteiger partial charge on any atom is 0.0434 e. The molecule has 0 unspecified atom stereocenters. The minimum atomic E-state index is -0.472. The summed E-state index contributed by atoms with van der Waals surface area (Å²) in [6.07, 6.45) is 6.03. The summed E-state index contributed by atoms with van der Waals surface area (Å²) in [7, 11) is -0.944. The van der Waals surface area contributed by atoms with Crippen LogP contribution in [0.2, 0.25) is 0 Å². The molecule has 0 aliphatic rings. The zero-order valence-corrected chi connectivity index (χ0v) is 29.1. The van der Waals surface area contributed by atoms with Gasteiger partial charge >= 0.3 is 0 Å². The Morgan fingerprint density at radius 3 is 1.13 bits per heavy atom. The first-order chi connectivity index (χ1) is 21.9. The summed E-state index contributed by atoms with van der Waals surface area (Å²) in [4.78, 5) is 10.8. The molecule has 228 valence electrons. The van der Waals surface area contributed by atoms with Gasteiger partial charge in [-0.2, -0.15) is 0 Å². The number of aliphatic imine (C=N–C) groups is 2. The predicted molar refractivity (Wildman–Crippen MR) is 205 cm³/mol. The lowest BCUT2D eigenvalue weighted by molar-refractivity contribution is 0.589. The van der Waals surface area contributed by atoms with E-state index >= 15 is 0 Å². The normalized spacial score (nSPS) is 12.1. The summed E-state index contributed by atoms with van der Waals surface area (Å²) in [5, 5.41) is 5.56. The first-order valence-electron chi connectivity index (χ1n) is 15.5. The van der Waals surface area contributed by atoms with Crippen LogP contribution in [0.25, 0.3) is 0 Å². The molecule has 0 bridgehead atoms. The average Bonchev–Trinajstić information content (AvgIpc) is 3.07. The van der Waals surface area contributed by atoms with Crippen molar-refractivity contribution < 1.29 is 0 Å². The maximum absolute atomic E-state index is 4.99. The Labute approximate surface area is 277 Å². The number of hydrogen-bond donors (Lipinski definition) is 1. The molecule has 5 aromatic carbocycles. The van der Waals surface area contributed by atoms with Crippen LogP contribution in [0.1, 0.15) is 37.5 Å². The van der Waals surface area contributed by atoms with Crippen LogP contribution in [0.4, 0.5) is 0 Å². The van der Waals surface area contributed by atoms with Crippen molar-refractivity contribution in [1.29, 1.82) is 0 Å². The molecule has 0 N–H and O–H groups in total. The number of rotatable bonds is 12. The van der Waals surface area contributed by atoms with Crippen molar-refractivity contribution in [3.8, 4) is 0 Å². The van der Waals surface area contributed by atoms with Crippen LogP contribution in [0, 0.1) is 0 Å². The topological polar surface area (TPSA) is 24.7 Å². The van der Waals surface area contributed by atoms with Crippen molar-refractivity contribution in [2.75, 3.05) is 25.4 Å². The standard InChI is InChI=1S/C40H42N2P2S/c1-40(2,3)34-28-32(30-41-24-26-43(35-16-8-4-9-17-35)36-18-10-5-11-19-36)39(45)33(29-34)31-42-25-27-44(37-20-12-6-13-21-37)38-22-14-7-15-23-38/h4-23,28-31,45H,24-27H2,1-3H3. The lowest BCUT2D eigenvalue weighted by Crippen LogP contribution is -2.15. The van der Waals surface area contributed by atoms with Gasteiger partial charge in [0.05, 0.1) is 0 Å². The monoisotopic (exact) mass is 644 g/mol. The van der Waals surface area contributed by atoms with Crippen LogP contribution in [0.15, 0.2) is 148 Å². The summed E-state index contributed by atoms with van der Waals surface area (Å²) < 4.78 is 0. The number of hydrogen-bond acceptors (Lipinski definition) is 3. The van der Waals surface area contributed by atoms with E-state index < -0.39 is 15.8 Å². The van der Waals surface area contributed by atoms with Crippen LogP contribution >= 0.6 is 28.5 Å². The van der Waals surface area contributed by atoms with Gasteiger partial charge in [0, 0.05) is 41.5 Å². The Kier molecular flexibility index (Phi) is 11.9. The van der Waals surface area contributed by atoms with E-state index in [0.29, 0.717) is 0 Å². The van der Waals surface area contributed by atoms with Crippen molar-refractivity contribution >= 4 is 62.1 Å². The maximum atomic E-state index is 4.99. The molecule has 0 saturated heterocycles. The van der Waals surface area contributed by atoms with Gasteiger partial charge in [-0.1, -0.05) is 142 Å². The fourth-order valence-corrected chi connectivity index (χ4v) is 9.83. The van der Waals surface area contributed by atoms with Gasteiger partial charge in [0.15, 0.2) is 0 Å². The molecule has 0 heterocycles. The van der Waals surface area contributed by atoms with Crippen molar-refractivity contribution in [3.63, 3.8) is 0 Å². The molecule has 0 aromatic heterocycles. The Morgan fingerprint density at radius 1 is 0.533 bits per heavy atom. The second-order valence-corrected chi connectivity index (χ2v) is 17.1. The van der Waals surface area contributed by atoms with E-state index in [2.05, 4.69) is 154 Å². The third-order valence-electron chi connectivity index (χ3n) is 7.67. The number of nitrogens with zero attached hydrogens (tertiary/aromatic N) is 2. The SMILES string of the molecule is CC(C)(C)c1cc(C=NCCP(c2ccccc2)c2ccccc2)c(S)c(C=NCCP(c2ccccc2)c2ccccc2)c1. The van der Waals surface area contributed by atoms with Crippen molar-refractivity contribution in [1.82, 2.24) is 0 Å². The molecular formula is C40H42N2P2S. The largest absolute Gasteiger partial charge is 0.292 e. The fraction of sp³-hybridized carbons (Fsp3) is 0.200. The van der Waals surface area contributed by atoms with E-state index in [1.807, 2.05) is 12.4 Å². The molecule has 0 spiro atoms. The molecule has 0 aliphatic carbocycles. The van der Waals surface area contributed by atoms with Crippen molar-refractivity contribution in [2.24, 2.45) is 9.98 Å². The highest BCUT2D eigenvalue weighted by Crippen LogP contribution is 2.34. The minimum Gasteiger partial charge on any atom is -0.292 e. The number of thiol groups is 1. The molecule has 0 saturated carbocycles. The Balaban J connectivity index is 1.32. The van der Waals surface area contributed by atoms with Crippen LogP contribution in [0.5, 0.6) is 0 Å². The van der Waals surface area contributed by atoms with E-state index in [4.69, 9.17) is 22.6 Å². The van der Waals surface area contributed by atoms with Crippen molar-refractivity contribution in [3.05, 3.63) is 150 Å².